The molecule has 1 rings (SSSR count). The number of rotatable bonds is 5. The summed E-state index contributed by atoms with van der Waals surface area (Å²) < 4.78 is 0. The van der Waals surface area contributed by atoms with Gasteiger partial charge in [0.25, 0.3) is 0 Å². The van der Waals surface area contributed by atoms with Gasteiger partial charge in [-0.1, -0.05) is 25.4 Å². The predicted molar refractivity (Wildman–Crippen MR) is 60.0 cm³/mol. The third-order valence-electron chi connectivity index (χ3n) is 3.58. The van der Waals surface area contributed by atoms with Crippen LogP contribution in [0.4, 0.5) is 0 Å². The van der Waals surface area contributed by atoms with Crippen molar-refractivity contribution < 1.29 is 9.90 Å². The van der Waals surface area contributed by atoms with E-state index in [4.69, 9.17) is 5.53 Å². The maximum atomic E-state index is 11.4. The van der Waals surface area contributed by atoms with Crippen LogP contribution >= 0.6 is 0 Å². The van der Waals surface area contributed by atoms with Crippen LogP contribution in [-0.4, -0.2) is 29.7 Å². The largest absolute Gasteiger partial charge is 0.480 e. The lowest BCUT2D eigenvalue weighted by Crippen LogP contribution is -2.59. The Morgan fingerprint density at radius 1 is 1.56 bits per heavy atom. The molecule has 0 spiro atoms. The van der Waals surface area contributed by atoms with Gasteiger partial charge in [-0.2, -0.15) is 0 Å². The zero-order chi connectivity index (χ0) is 12.2. The third-order valence-corrected chi connectivity index (χ3v) is 3.58. The average Bonchev–Trinajstić information content (AvgIpc) is 2.50. The van der Waals surface area contributed by atoms with Crippen LogP contribution in [0.1, 0.15) is 33.1 Å². The quantitative estimate of drug-likeness (QED) is 0.324. The van der Waals surface area contributed by atoms with E-state index in [0.717, 1.165) is 12.8 Å². The van der Waals surface area contributed by atoms with Gasteiger partial charge in [0.1, 0.15) is 5.54 Å². The van der Waals surface area contributed by atoms with Crippen LogP contribution in [0.3, 0.4) is 0 Å². The molecule has 0 heterocycles. The minimum atomic E-state index is -0.877. The fourth-order valence-electron chi connectivity index (χ4n) is 2.51. The number of hydrogen-bond donors (Lipinski definition) is 2. The minimum Gasteiger partial charge on any atom is -0.480 e. The van der Waals surface area contributed by atoms with Crippen molar-refractivity contribution in [2.45, 2.75) is 38.6 Å². The van der Waals surface area contributed by atoms with Crippen LogP contribution in [-0.2, 0) is 4.79 Å². The first-order chi connectivity index (χ1) is 7.46. The first-order valence-corrected chi connectivity index (χ1v) is 5.45. The molecule has 0 bridgehead atoms. The summed E-state index contributed by atoms with van der Waals surface area (Å²) in [5.74, 6) is -0.809. The Morgan fingerprint density at radius 3 is 2.69 bits per heavy atom. The number of carboxylic acids is 1. The molecular weight excluding hydrogens is 208 g/mol. The lowest BCUT2D eigenvalue weighted by atomic mass is 9.75. The number of nitrogens with one attached hydrogen (secondary N) is 1. The highest BCUT2D eigenvalue weighted by atomic mass is 16.4. The third kappa shape index (κ3) is 2.13. The zero-order valence-corrected chi connectivity index (χ0v) is 9.73. The van der Waals surface area contributed by atoms with Gasteiger partial charge in [-0.15, -0.1) is 0 Å². The Kier molecular flexibility index (Phi) is 3.78. The van der Waals surface area contributed by atoms with Crippen LogP contribution in [0.5, 0.6) is 0 Å². The van der Waals surface area contributed by atoms with Gasteiger partial charge in [0.05, 0.1) is 0 Å². The Hall–Kier alpha value is -1.26. The van der Waals surface area contributed by atoms with Crippen LogP contribution in [0.25, 0.3) is 10.4 Å². The van der Waals surface area contributed by atoms with Crippen LogP contribution in [0.2, 0.25) is 0 Å². The van der Waals surface area contributed by atoms with Gasteiger partial charge in [-0.05, 0) is 23.8 Å². The molecule has 0 amide bonds. The van der Waals surface area contributed by atoms with E-state index in [2.05, 4.69) is 15.3 Å². The first-order valence-electron chi connectivity index (χ1n) is 5.45. The highest BCUT2D eigenvalue weighted by molar-refractivity contribution is 5.80. The van der Waals surface area contributed by atoms with E-state index in [1.165, 1.54) is 0 Å². The van der Waals surface area contributed by atoms with Crippen molar-refractivity contribution in [3.8, 4) is 0 Å². The molecule has 1 fully saturated rings. The Balaban J connectivity index is 2.74. The molecule has 0 aromatic carbocycles. The van der Waals surface area contributed by atoms with E-state index < -0.39 is 11.5 Å². The normalized spacial score (nSPS) is 27.4. The standard InChI is InChI=1S/C10H18N4O2/c1-9(2)4-3-5-10(9,8(15)16)12-6-7-13-14-11/h12H,3-7H2,1-2H3,(H,15,16). The van der Waals surface area contributed by atoms with Gasteiger partial charge in [0, 0.05) is 18.0 Å². The van der Waals surface area contributed by atoms with Crippen LogP contribution in [0, 0.1) is 5.41 Å². The van der Waals surface area contributed by atoms with Gasteiger partial charge in [0.2, 0.25) is 0 Å². The Bertz CT molecular complexity index is 323. The maximum absolute atomic E-state index is 11.4. The zero-order valence-electron chi connectivity index (χ0n) is 9.73. The molecule has 0 radical (unpaired) electrons. The monoisotopic (exact) mass is 226 g/mol. The second-order valence-corrected chi connectivity index (χ2v) is 4.83. The van der Waals surface area contributed by atoms with E-state index in [0.29, 0.717) is 13.0 Å². The predicted octanol–water partition coefficient (Wildman–Crippen LogP) is 1.92. The fraction of sp³-hybridized carbons (Fsp3) is 0.900. The number of carboxylic acid groups (broad SMARTS) is 1. The average molecular weight is 226 g/mol. The van der Waals surface area contributed by atoms with E-state index in [-0.39, 0.29) is 12.0 Å². The molecule has 0 saturated heterocycles. The van der Waals surface area contributed by atoms with Crippen molar-refractivity contribution in [1.82, 2.24) is 5.32 Å². The van der Waals surface area contributed by atoms with Crippen LogP contribution < -0.4 is 5.32 Å². The summed E-state index contributed by atoms with van der Waals surface area (Å²) in [6, 6.07) is 0. The van der Waals surface area contributed by atoms with Crippen molar-refractivity contribution in [2.24, 2.45) is 10.5 Å². The van der Waals surface area contributed by atoms with Gasteiger partial charge in [-0.3, -0.25) is 4.79 Å². The topological polar surface area (TPSA) is 98.1 Å². The van der Waals surface area contributed by atoms with E-state index in [9.17, 15) is 9.90 Å². The number of nitrogens with zero attached hydrogens (tertiary/aromatic N) is 3. The summed E-state index contributed by atoms with van der Waals surface area (Å²) >= 11 is 0. The molecule has 0 aromatic heterocycles. The van der Waals surface area contributed by atoms with Crippen molar-refractivity contribution in [3.63, 3.8) is 0 Å². The summed E-state index contributed by atoms with van der Waals surface area (Å²) in [6.45, 7) is 4.62. The highest BCUT2D eigenvalue weighted by Gasteiger charge is 2.54. The van der Waals surface area contributed by atoms with Crippen molar-refractivity contribution in [1.29, 1.82) is 0 Å². The van der Waals surface area contributed by atoms with Gasteiger partial charge < -0.3 is 10.4 Å². The Labute approximate surface area is 94.7 Å². The summed E-state index contributed by atoms with van der Waals surface area (Å²) in [4.78, 5) is 14.1. The van der Waals surface area contributed by atoms with Crippen LogP contribution in [0.15, 0.2) is 5.11 Å². The molecule has 1 aliphatic rings. The van der Waals surface area contributed by atoms with E-state index >= 15 is 0 Å². The molecule has 6 heteroatoms. The Morgan fingerprint density at radius 2 is 2.25 bits per heavy atom. The number of aliphatic carboxylic acids is 1. The van der Waals surface area contributed by atoms with Gasteiger partial charge >= 0.3 is 5.97 Å². The molecular formula is C10H18N4O2. The van der Waals surface area contributed by atoms with E-state index in [1.54, 1.807) is 0 Å². The molecule has 1 aliphatic carbocycles. The number of hydrogen-bond acceptors (Lipinski definition) is 3. The second kappa shape index (κ2) is 4.72. The fourth-order valence-corrected chi connectivity index (χ4v) is 2.51. The lowest BCUT2D eigenvalue weighted by molar-refractivity contribution is -0.149. The lowest BCUT2D eigenvalue weighted by Gasteiger charge is -2.38. The molecule has 1 saturated carbocycles. The highest BCUT2D eigenvalue weighted by Crippen LogP contribution is 2.46. The molecule has 1 atom stereocenters. The summed E-state index contributed by atoms with van der Waals surface area (Å²) in [6.07, 6.45) is 2.44. The summed E-state index contributed by atoms with van der Waals surface area (Å²) in [5, 5.41) is 15.8. The number of carbonyl (C=O) groups is 1. The molecule has 90 valence electrons. The molecule has 16 heavy (non-hydrogen) atoms. The molecule has 0 aliphatic heterocycles. The SMILES string of the molecule is CC1(C)CCCC1(NCCN=[N+]=[N-])C(=O)O. The summed E-state index contributed by atoms with van der Waals surface area (Å²) in [5.41, 5.74) is 7.00. The number of azide groups is 1. The van der Waals surface area contributed by atoms with Crippen molar-refractivity contribution in [3.05, 3.63) is 10.4 Å². The van der Waals surface area contributed by atoms with Gasteiger partial charge in [-0.25, -0.2) is 0 Å². The van der Waals surface area contributed by atoms with Crippen molar-refractivity contribution >= 4 is 5.97 Å². The second-order valence-electron chi connectivity index (χ2n) is 4.83. The minimum absolute atomic E-state index is 0.269. The maximum Gasteiger partial charge on any atom is 0.324 e. The molecule has 0 aromatic rings. The van der Waals surface area contributed by atoms with Crippen molar-refractivity contribution in [2.75, 3.05) is 13.1 Å². The first kappa shape index (κ1) is 12.8. The summed E-state index contributed by atoms with van der Waals surface area (Å²) in [7, 11) is 0. The molecule has 1 unspecified atom stereocenters. The molecule has 2 N–H and O–H groups in total. The smallest absolute Gasteiger partial charge is 0.324 e. The van der Waals surface area contributed by atoms with Gasteiger partial charge in [0.15, 0.2) is 0 Å². The molecule has 6 nitrogen and oxygen atoms in total. The van der Waals surface area contributed by atoms with E-state index in [1.807, 2.05) is 13.8 Å².